The predicted octanol–water partition coefficient (Wildman–Crippen LogP) is 5.38. The third-order valence-corrected chi connectivity index (χ3v) is 5.63. The number of fused-ring (bicyclic) bond motifs is 1. The molecule has 1 aliphatic rings. The van der Waals surface area contributed by atoms with Crippen molar-refractivity contribution < 1.29 is 18.0 Å². The Morgan fingerprint density at radius 3 is 2.53 bits per heavy atom. The first-order chi connectivity index (χ1) is 14.4. The highest BCUT2D eigenvalue weighted by molar-refractivity contribution is 7.99. The molecule has 1 aliphatic carbocycles. The van der Waals surface area contributed by atoms with Crippen LogP contribution in [0.5, 0.6) is 0 Å². The molecular weight excluding hydrogens is 411 g/mol. The molecule has 1 amide bonds. The maximum Gasteiger partial charge on any atom is 0.433 e. The molecule has 0 saturated heterocycles. The Bertz CT molecular complexity index is 1070. The van der Waals surface area contributed by atoms with E-state index in [1.165, 1.54) is 11.1 Å². The van der Waals surface area contributed by atoms with Crippen LogP contribution in [0.25, 0.3) is 11.3 Å². The number of hydrogen-bond donors (Lipinski definition) is 1. The fourth-order valence-corrected chi connectivity index (χ4v) is 4.03. The van der Waals surface area contributed by atoms with Gasteiger partial charge in [0.1, 0.15) is 5.69 Å². The molecule has 4 nitrogen and oxygen atoms in total. The van der Waals surface area contributed by atoms with Gasteiger partial charge in [-0.2, -0.15) is 13.2 Å². The summed E-state index contributed by atoms with van der Waals surface area (Å²) in [5.41, 5.74) is 2.91. The lowest BCUT2D eigenvalue weighted by atomic mass is 10.1. The largest absolute Gasteiger partial charge is 0.433 e. The van der Waals surface area contributed by atoms with Crippen LogP contribution < -0.4 is 5.32 Å². The fourth-order valence-electron chi connectivity index (χ4n) is 3.37. The number of aromatic nitrogens is 2. The first-order valence-corrected chi connectivity index (χ1v) is 10.4. The first kappa shape index (κ1) is 20.4. The second-order valence-corrected chi connectivity index (χ2v) is 7.90. The summed E-state index contributed by atoms with van der Waals surface area (Å²) in [6, 6.07) is 15.3. The summed E-state index contributed by atoms with van der Waals surface area (Å²) in [5, 5.41) is 2.71. The van der Waals surface area contributed by atoms with Crippen LogP contribution >= 0.6 is 11.8 Å². The number of amides is 1. The zero-order chi connectivity index (χ0) is 21.1. The van der Waals surface area contributed by atoms with Crippen molar-refractivity contribution >= 4 is 23.4 Å². The van der Waals surface area contributed by atoms with Crippen LogP contribution in [-0.4, -0.2) is 21.6 Å². The van der Waals surface area contributed by atoms with Gasteiger partial charge in [0.15, 0.2) is 5.16 Å². The van der Waals surface area contributed by atoms with Gasteiger partial charge in [0.2, 0.25) is 5.91 Å². The van der Waals surface area contributed by atoms with Gasteiger partial charge in [-0.3, -0.25) is 4.79 Å². The van der Waals surface area contributed by atoms with Crippen molar-refractivity contribution in [2.75, 3.05) is 11.1 Å². The van der Waals surface area contributed by atoms with E-state index in [0.29, 0.717) is 11.3 Å². The van der Waals surface area contributed by atoms with Crippen LogP contribution in [0.15, 0.2) is 59.8 Å². The highest BCUT2D eigenvalue weighted by Crippen LogP contribution is 2.32. The molecule has 0 unspecified atom stereocenters. The number of anilines is 1. The molecule has 1 N–H and O–H groups in total. The molecule has 2 aromatic carbocycles. The van der Waals surface area contributed by atoms with Gasteiger partial charge in [-0.25, -0.2) is 9.97 Å². The molecule has 3 aromatic rings. The number of hydrogen-bond acceptors (Lipinski definition) is 4. The van der Waals surface area contributed by atoms with E-state index in [2.05, 4.69) is 15.3 Å². The van der Waals surface area contributed by atoms with Crippen molar-refractivity contribution in [3.8, 4) is 11.3 Å². The SMILES string of the molecule is O=C(CSc1nc(-c2ccccc2)cc(C(F)(F)F)n1)Nc1ccc2c(c1)CCC2. The van der Waals surface area contributed by atoms with Crippen molar-refractivity contribution in [1.29, 1.82) is 0 Å². The molecule has 0 bridgehead atoms. The zero-order valence-corrected chi connectivity index (χ0v) is 16.7. The molecule has 0 atom stereocenters. The minimum atomic E-state index is -4.60. The maximum atomic E-state index is 13.3. The molecule has 0 spiro atoms. The number of aryl methyl sites for hydroxylation is 2. The highest BCUT2D eigenvalue weighted by atomic mass is 32.2. The summed E-state index contributed by atoms with van der Waals surface area (Å²) in [4.78, 5) is 20.1. The van der Waals surface area contributed by atoms with E-state index in [1.807, 2.05) is 18.2 Å². The minimum Gasteiger partial charge on any atom is -0.325 e. The van der Waals surface area contributed by atoms with Gasteiger partial charge >= 0.3 is 6.18 Å². The van der Waals surface area contributed by atoms with Gasteiger partial charge in [-0.1, -0.05) is 48.2 Å². The molecule has 1 heterocycles. The molecule has 154 valence electrons. The smallest absolute Gasteiger partial charge is 0.325 e. The van der Waals surface area contributed by atoms with E-state index >= 15 is 0 Å². The number of carbonyl (C=O) groups excluding carboxylic acids is 1. The van der Waals surface area contributed by atoms with E-state index in [-0.39, 0.29) is 22.5 Å². The number of nitrogens with zero attached hydrogens (tertiary/aromatic N) is 2. The van der Waals surface area contributed by atoms with Crippen LogP contribution in [0.2, 0.25) is 0 Å². The Balaban J connectivity index is 1.49. The molecule has 0 aliphatic heterocycles. The van der Waals surface area contributed by atoms with Gasteiger partial charge in [0.05, 0.1) is 11.4 Å². The van der Waals surface area contributed by atoms with Crippen molar-refractivity contribution in [2.24, 2.45) is 0 Å². The second kappa shape index (κ2) is 8.47. The summed E-state index contributed by atoms with van der Waals surface area (Å²) in [6.07, 6.45) is -1.45. The van der Waals surface area contributed by atoms with E-state index in [1.54, 1.807) is 30.3 Å². The molecule has 0 fully saturated rings. The van der Waals surface area contributed by atoms with Gasteiger partial charge in [-0.15, -0.1) is 0 Å². The summed E-state index contributed by atoms with van der Waals surface area (Å²) in [5.74, 6) is -0.410. The Labute approximate surface area is 175 Å². The van der Waals surface area contributed by atoms with Crippen molar-refractivity contribution in [2.45, 2.75) is 30.6 Å². The van der Waals surface area contributed by atoms with Crippen molar-refractivity contribution in [3.05, 3.63) is 71.4 Å². The third kappa shape index (κ3) is 4.81. The van der Waals surface area contributed by atoms with Gasteiger partial charge in [0.25, 0.3) is 0 Å². The average Bonchev–Trinajstić information content (AvgIpc) is 3.20. The third-order valence-electron chi connectivity index (χ3n) is 4.78. The summed E-state index contributed by atoms with van der Waals surface area (Å²) in [6.45, 7) is 0. The molecule has 30 heavy (non-hydrogen) atoms. The quantitative estimate of drug-likeness (QED) is 0.437. The monoisotopic (exact) mass is 429 g/mol. The molecule has 4 rings (SSSR count). The van der Waals surface area contributed by atoms with Crippen LogP contribution in [0, 0.1) is 0 Å². The Kier molecular flexibility index (Phi) is 5.76. The van der Waals surface area contributed by atoms with Crippen molar-refractivity contribution in [1.82, 2.24) is 9.97 Å². The molecule has 8 heteroatoms. The van der Waals surface area contributed by atoms with Crippen LogP contribution in [0.4, 0.5) is 18.9 Å². The fraction of sp³-hybridized carbons (Fsp3) is 0.227. The topological polar surface area (TPSA) is 54.9 Å². The number of halogens is 3. The Hall–Kier alpha value is -2.87. The van der Waals surface area contributed by atoms with Crippen LogP contribution in [0.3, 0.4) is 0 Å². The summed E-state index contributed by atoms with van der Waals surface area (Å²) in [7, 11) is 0. The van der Waals surface area contributed by atoms with Gasteiger partial charge < -0.3 is 5.32 Å². The minimum absolute atomic E-state index is 0.0900. The van der Waals surface area contributed by atoms with E-state index < -0.39 is 11.9 Å². The molecular formula is C22H18F3N3OS. The van der Waals surface area contributed by atoms with E-state index in [4.69, 9.17) is 0 Å². The van der Waals surface area contributed by atoms with Crippen LogP contribution in [0.1, 0.15) is 23.2 Å². The van der Waals surface area contributed by atoms with Crippen LogP contribution in [-0.2, 0) is 23.8 Å². The lowest BCUT2D eigenvalue weighted by Gasteiger charge is -2.11. The predicted molar refractivity (Wildman–Crippen MR) is 110 cm³/mol. The lowest BCUT2D eigenvalue weighted by molar-refractivity contribution is -0.141. The number of carbonyl (C=O) groups is 1. The molecule has 1 aromatic heterocycles. The first-order valence-electron chi connectivity index (χ1n) is 9.45. The summed E-state index contributed by atoms with van der Waals surface area (Å²) >= 11 is 0.878. The zero-order valence-electron chi connectivity index (χ0n) is 15.9. The van der Waals surface area contributed by atoms with E-state index in [0.717, 1.165) is 37.1 Å². The number of alkyl halides is 3. The molecule has 0 radical (unpaired) electrons. The lowest BCUT2D eigenvalue weighted by Crippen LogP contribution is -2.15. The standard InChI is InChI=1S/C22H18F3N3OS/c23-22(24,25)19-12-18(15-5-2-1-3-6-15)27-21(28-19)30-13-20(29)26-17-10-9-14-7-4-8-16(14)11-17/h1-3,5-6,9-12H,4,7-8,13H2,(H,26,29). The number of nitrogens with one attached hydrogen (secondary N) is 1. The normalized spacial score (nSPS) is 13.2. The van der Waals surface area contributed by atoms with Gasteiger partial charge in [0, 0.05) is 11.3 Å². The van der Waals surface area contributed by atoms with Gasteiger partial charge in [-0.05, 0) is 48.6 Å². The van der Waals surface area contributed by atoms with Crippen molar-refractivity contribution in [3.63, 3.8) is 0 Å². The highest BCUT2D eigenvalue weighted by Gasteiger charge is 2.34. The Morgan fingerprint density at radius 2 is 1.77 bits per heavy atom. The number of benzene rings is 2. The number of thioether (sulfide) groups is 1. The second-order valence-electron chi connectivity index (χ2n) is 6.96. The number of rotatable bonds is 5. The maximum absolute atomic E-state index is 13.3. The molecule has 0 saturated carbocycles. The Morgan fingerprint density at radius 1 is 1.00 bits per heavy atom. The average molecular weight is 429 g/mol. The van der Waals surface area contributed by atoms with E-state index in [9.17, 15) is 18.0 Å². The summed E-state index contributed by atoms with van der Waals surface area (Å²) < 4.78 is 39.8.